The molecule has 0 amide bonds. The second kappa shape index (κ2) is 13.2. The van der Waals surface area contributed by atoms with Gasteiger partial charge in [0.2, 0.25) is 0 Å². The molecule has 2 heteroatoms. The first-order chi connectivity index (χ1) is 15.1. The fourth-order valence-corrected chi connectivity index (χ4v) is 4.82. The summed E-state index contributed by atoms with van der Waals surface area (Å²) in [7, 11) is 0. The molecule has 3 atom stereocenters. The van der Waals surface area contributed by atoms with Crippen molar-refractivity contribution < 1.29 is 9.59 Å². The molecule has 0 fully saturated rings. The zero-order valence-corrected chi connectivity index (χ0v) is 19.9. The van der Waals surface area contributed by atoms with E-state index in [1.54, 1.807) is 0 Å². The van der Waals surface area contributed by atoms with Gasteiger partial charge in [0, 0.05) is 24.7 Å². The minimum atomic E-state index is -0.0337. The van der Waals surface area contributed by atoms with Crippen molar-refractivity contribution in [3.05, 3.63) is 60.2 Å². The maximum atomic E-state index is 13.1. The molecule has 31 heavy (non-hydrogen) atoms. The van der Waals surface area contributed by atoms with Crippen LogP contribution in [0.3, 0.4) is 0 Å². The highest BCUT2D eigenvalue weighted by Crippen LogP contribution is 2.41. The molecule has 0 radical (unpaired) electrons. The SMILES string of the molecule is CCCCC(CC(c1ccccc1-c1ccccc1)C(CCC)C(=O)CC)C(=O)CC. The lowest BCUT2D eigenvalue weighted by atomic mass is 9.72. The van der Waals surface area contributed by atoms with Crippen LogP contribution < -0.4 is 0 Å². The Kier molecular flexibility index (Phi) is 10.7. The first-order valence-electron chi connectivity index (χ1n) is 12.3. The Labute approximate surface area is 189 Å². The number of Topliss-reactive ketones (excluding diaryl/α,β-unsaturated/α-hetero) is 2. The number of rotatable bonds is 14. The van der Waals surface area contributed by atoms with Crippen molar-refractivity contribution in [1.29, 1.82) is 0 Å². The van der Waals surface area contributed by atoms with E-state index < -0.39 is 0 Å². The maximum absolute atomic E-state index is 13.1. The van der Waals surface area contributed by atoms with Crippen molar-refractivity contribution >= 4 is 11.6 Å². The van der Waals surface area contributed by atoms with Gasteiger partial charge in [-0.05, 0) is 41.9 Å². The first kappa shape index (κ1) is 25.0. The number of ketones is 2. The summed E-state index contributed by atoms with van der Waals surface area (Å²) in [5.41, 5.74) is 3.59. The summed E-state index contributed by atoms with van der Waals surface area (Å²) in [5.74, 6) is 0.736. The molecule has 2 aromatic rings. The van der Waals surface area contributed by atoms with E-state index in [2.05, 4.69) is 62.4 Å². The third kappa shape index (κ3) is 6.89. The van der Waals surface area contributed by atoms with Crippen molar-refractivity contribution in [2.24, 2.45) is 11.8 Å². The highest BCUT2D eigenvalue weighted by Gasteiger charge is 2.33. The van der Waals surface area contributed by atoms with Crippen LogP contribution in [0.5, 0.6) is 0 Å². The molecule has 0 bridgehead atoms. The Hall–Kier alpha value is -2.22. The third-order valence-electron chi connectivity index (χ3n) is 6.54. The normalized spacial score (nSPS) is 14.1. The summed E-state index contributed by atoms with van der Waals surface area (Å²) in [6.07, 6.45) is 6.81. The van der Waals surface area contributed by atoms with Crippen LogP contribution in [0.4, 0.5) is 0 Å². The van der Waals surface area contributed by atoms with Crippen LogP contribution in [0.1, 0.15) is 90.5 Å². The second-order valence-electron chi connectivity index (χ2n) is 8.67. The Morgan fingerprint density at radius 2 is 1.39 bits per heavy atom. The van der Waals surface area contributed by atoms with E-state index in [4.69, 9.17) is 0 Å². The van der Waals surface area contributed by atoms with Gasteiger partial charge in [0.15, 0.2) is 0 Å². The molecule has 0 saturated heterocycles. The molecule has 0 aromatic heterocycles. The largest absolute Gasteiger partial charge is 0.299 e. The number of benzene rings is 2. The van der Waals surface area contributed by atoms with E-state index in [9.17, 15) is 9.59 Å². The number of hydrogen-bond donors (Lipinski definition) is 0. The van der Waals surface area contributed by atoms with Gasteiger partial charge in [0.25, 0.3) is 0 Å². The van der Waals surface area contributed by atoms with Gasteiger partial charge >= 0.3 is 0 Å². The number of unbranched alkanes of at least 4 members (excludes halogenated alkanes) is 1. The van der Waals surface area contributed by atoms with Gasteiger partial charge in [-0.25, -0.2) is 0 Å². The number of carbonyl (C=O) groups is 2. The molecular formula is C29H40O2. The zero-order chi connectivity index (χ0) is 22.6. The molecular weight excluding hydrogens is 380 g/mol. The smallest absolute Gasteiger partial charge is 0.136 e. The average molecular weight is 421 g/mol. The Bertz CT molecular complexity index is 808. The van der Waals surface area contributed by atoms with Gasteiger partial charge in [0.1, 0.15) is 11.6 Å². The zero-order valence-electron chi connectivity index (χ0n) is 19.9. The maximum Gasteiger partial charge on any atom is 0.136 e. The summed E-state index contributed by atoms with van der Waals surface area (Å²) < 4.78 is 0. The monoisotopic (exact) mass is 420 g/mol. The van der Waals surface area contributed by atoms with Crippen LogP contribution in [-0.4, -0.2) is 11.6 Å². The number of carbonyl (C=O) groups excluding carboxylic acids is 2. The molecule has 168 valence electrons. The molecule has 0 aliphatic rings. The van der Waals surface area contributed by atoms with E-state index in [1.165, 1.54) is 16.7 Å². The van der Waals surface area contributed by atoms with Crippen LogP contribution in [0.2, 0.25) is 0 Å². The molecule has 0 N–H and O–H groups in total. The summed E-state index contributed by atoms with van der Waals surface area (Å²) >= 11 is 0. The molecule has 3 unspecified atom stereocenters. The standard InChI is InChI=1S/C29H40O2/c1-5-9-16-23(28(30)7-3)21-27(26(15-6-2)29(31)8-4)25-20-14-13-19-24(25)22-17-11-10-12-18-22/h10-14,17-20,23,26-27H,5-9,15-16,21H2,1-4H3. The molecule has 2 rings (SSSR count). The topological polar surface area (TPSA) is 34.1 Å². The van der Waals surface area contributed by atoms with Crippen LogP contribution in [0.25, 0.3) is 11.1 Å². The number of hydrogen-bond acceptors (Lipinski definition) is 2. The van der Waals surface area contributed by atoms with Crippen LogP contribution in [0, 0.1) is 11.8 Å². The highest BCUT2D eigenvalue weighted by molar-refractivity contribution is 5.83. The molecule has 0 saturated carbocycles. The molecule has 0 aliphatic carbocycles. The van der Waals surface area contributed by atoms with Crippen LogP contribution >= 0.6 is 0 Å². The molecule has 0 heterocycles. The third-order valence-corrected chi connectivity index (χ3v) is 6.54. The lowest BCUT2D eigenvalue weighted by molar-refractivity contribution is -0.126. The summed E-state index contributed by atoms with van der Waals surface area (Å²) in [6.45, 7) is 8.27. The van der Waals surface area contributed by atoms with Crippen molar-refractivity contribution in [2.75, 3.05) is 0 Å². The predicted octanol–water partition coefficient (Wildman–Crippen LogP) is 8.01. The second-order valence-corrected chi connectivity index (χ2v) is 8.67. The van der Waals surface area contributed by atoms with E-state index in [0.29, 0.717) is 24.4 Å². The summed E-state index contributed by atoms with van der Waals surface area (Å²) in [6, 6.07) is 18.9. The fraction of sp³-hybridized carbons (Fsp3) is 0.517. The lowest BCUT2D eigenvalue weighted by Crippen LogP contribution is -2.27. The summed E-state index contributed by atoms with van der Waals surface area (Å²) in [5, 5.41) is 0. The van der Waals surface area contributed by atoms with Gasteiger partial charge in [-0.2, -0.15) is 0 Å². The Morgan fingerprint density at radius 3 is 2.00 bits per heavy atom. The van der Waals surface area contributed by atoms with Gasteiger partial charge in [-0.1, -0.05) is 102 Å². The van der Waals surface area contributed by atoms with Crippen molar-refractivity contribution in [2.45, 2.75) is 85.0 Å². The van der Waals surface area contributed by atoms with Crippen molar-refractivity contribution in [1.82, 2.24) is 0 Å². The molecule has 0 aliphatic heterocycles. The summed E-state index contributed by atoms with van der Waals surface area (Å²) in [4.78, 5) is 26.0. The first-order valence-corrected chi connectivity index (χ1v) is 12.3. The average Bonchev–Trinajstić information content (AvgIpc) is 2.82. The quantitative estimate of drug-likeness (QED) is 0.310. The van der Waals surface area contributed by atoms with E-state index >= 15 is 0 Å². The van der Waals surface area contributed by atoms with Crippen molar-refractivity contribution in [3.63, 3.8) is 0 Å². The van der Waals surface area contributed by atoms with E-state index in [-0.39, 0.29) is 17.8 Å². The minimum absolute atomic E-state index is 0.0304. The molecule has 0 spiro atoms. The van der Waals surface area contributed by atoms with E-state index in [1.807, 2.05) is 19.9 Å². The van der Waals surface area contributed by atoms with Crippen LogP contribution in [0.15, 0.2) is 54.6 Å². The van der Waals surface area contributed by atoms with Crippen LogP contribution in [-0.2, 0) is 9.59 Å². The minimum Gasteiger partial charge on any atom is -0.299 e. The highest BCUT2D eigenvalue weighted by atomic mass is 16.1. The molecule has 2 aromatic carbocycles. The van der Waals surface area contributed by atoms with Gasteiger partial charge in [-0.15, -0.1) is 0 Å². The Morgan fingerprint density at radius 1 is 0.742 bits per heavy atom. The predicted molar refractivity (Wildman–Crippen MR) is 131 cm³/mol. The van der Waals surface area contributed by atoms with Gasteiger partial charge < -0.3 is 0 Å². The van der Waals surface area contributed by atoms with Gasteiger partial charge in [0.05, 0.1) is 0 Å². The van der Waals surface area contributed by atoms with Crippen molar-refractivity contribution in [3.8, 4) is 11.1 Å². The lowest BCUT2D eigenvalue weighted by Gasteiger charge is -2.31. The fourth-order valence-electron chi connectivity index (χ4n) is 4.82. The van der Waals surface area contributed by atoms with Gasteiger partial charge in [-0.3, -0.25) is 9.59 Å². The Balaban J connectivity index is 2.57. The molecule has 2 nitrogen and oxygen atoms in total. The van der Waals surface area contributed by atoms with E-state index in [0.717, 1.165) is 38.5 Å².